The van der Waals surface area contributed by atoms with Gasteiger partial charge in [0.25, 0.3) is 0 Å². The molecule has 20 heavy (non-hydrogen) atoms. The van der Waals surface area contributed by atoms with Crippen molar-refractivity contribution in [3.63, 3.8) is 0 Å². The summed E-state index contributed by atoms with van der Waals surface area (Å²) in [5.74, 6) is 0. The molecule has 1 aromatic rings. The van der Waals surface area contributed by atoms with Crippen LogP contribution in [0.25, 0.3) is 0 Å². The number of nitrogens with two attached hydrogens (primary N) is 1. The summed E-state index contributed by atoms with van der Waals surface area (Å²) in [4.78, 5) is 11.6. The number of rotatable bonds is 4. The molecule has 1 rings (SSSR count). The quantitative estimate of drug-likeness (QED) is 0.790. The Morgan fingerprint density at radius 3 is 2.25 bits per heavy atom. The molecule has 5 nitrogen and oxygen atoms in total. The Morgan fingerprint density at radius 1 is 1.25 bits per heavy atom. The lowest BCUT2D eigenvalue weighted by molar-refractivity contribution is 0.0636. The van der Waals surface area contributed by atoms with E-state index in [1.807, 2.05) is 32.9 Å². The number of carbonyl (C=O) groups excluding carboxylic acids is 1. The molecular formula is C15H24N2O3. The second kappa shape index (κ2) is 6.24. The molecule has 0 fully saturated rings. The molecule has 0 saturated heterocycles. The molecule has 4 N–H and O–H groups in total. The van der Waals surface area contributed by atoms with Gasteiger partial charge in [-0.3, -0.25) is 5.32 Å². The lowest BCUT2D eigenvalue weighted by Gasteiger charge is -2.22. The number of aliphatic hydroxyl groups is 1. The average molecular weight is 280 g/mol. The van der Waals surface area contributed by atoms with Crippen LogP contribution in [0.3, 0.4) is 0 Å². The van der Waals surface area contributed by atoms with Gasteiger partial charge in [-0.1, -0.05) is 12.1 Å². The van der Waals surface area contributed by atoms with Gasteiger partial charge in [-0.15, -0.1) is 0 Å². The lowest BCUT2D eigenvalue weighted by atomic mass is 9.95. The molecule has 0 heterocycles. The van der Waals surface area contributed by atoms with E-state index >= 15 is 0 Å². The third-order valence-electron chi connectivity index (χ3n) is 2.57. The first-order chi connectivity index (χ1) is 9.11. The number of hydrogen-bond donors (Lipinski definition) is 3. The van der Waals surface area contributed by atoms with Crippen LogP contribution in [0.15, 0.2) is 24.3 Å². The molecule has 0 saturated carbocycles. The Kier molecular flexibility index (Phi) is 5.14. The molecule has 0 radical (unpaired) electrons. The van der Waals surface area contributed by atoms with E-state index in [0.717, 1.165) is 5.56 Å². The summed E-state index contributed by atoms with van der Waals surface area (Å²) >= 11 is 0. The van der Waals surface area contributed by atoms with E-state index in [1.54, 1.807) is 19.1 Å². The lowest BCUT2D eigenvalue weighted by Crippen LogP contribution is -2.42. The SMILES string of the molecule is CC(N)(CO)Cc1ccc(NC(=O)OC(C)(C)C)cc1. The van der Waals surface area contributed by atoms with E-state index in [4.69, 9.17) is 15.6 Å². The Balaban J connectivity index is 2.61. The molecular weight excluding hydrogens is 256 g/mol. The first-order valence-corrected chi connectivity index (χ1v) is 6.60. The molecule has 1 aromatic carbocycles. The van der Waals surface area contributed by atoms with Crippen molar-refractivity contribution in [1.29, 1.82) is 0 Å². The molecule has 0 aliphatic carbocycles. The molecule has 1 atom stereocenters. The van der Waals surface area contributed by atoms with Gasteiger partial charge in [-0.05, 0) is 51.8 Å². The van der Waals surface area contributed by atoms with Crippen molar-refractivity contribution < 1.29 is 14.6 Å². The largest absolute Gasteiger partial charge is 0.444 e. The number of amides is 1. The van der Waals surface area contributed by atoms with Gasteiger partial charge in [0, 0.05) is 11.2 Å². The van der Waals surface area contributed by atoms with E-state index in [-0.39, 0.29) is 6.61 Å². The van der Waals surface area contributed by atoms with Gasteiger partial charge in [0.2, 0.25) is 0 Å². The van der Waals surface area contributed by atoms with Gasteiger partial charge in [0.05, 0.1) is 6.61 Å². The molecule has 0 spiro atoms. The average Bonchev–Trinajstić information content (AvgIpc) is 2.29. The number of anilines is 1. The van der Waals surface area contributed by atoms with E-state index in [9.17, 15) is 4.79 Å². The standard InChI is InChI=1S/C15H24N2O3/c1-14(2,3)20-13(19)17-12-7-5-11(6-8-12)9-15(4,16)10-18/h5-8,18H,9-10,16H2,1-4H3,(H,17,19). The zero-order valence-electron chi connectivity index (χ0n) is 12.6. The van der Waals surface area contributed by atoms with Crippen molar-refractivity contribution in [3.8, 4) is 0 Å². The van der Waals surface area contributed by atoms with Gasteiger partial charge in [0.1, 0.15) is 5.60 Å². The van der Waals surface area contributed by atoms with E-state index in [2.05, 4.69) is 5.32 Å². The number of benzene rings is 1. The minimum absolute atomic E-state index is 0.0785. The van der Waals surface area contributed by atoms with Crippen LogP contribution >= 0.6 is 0 Å². The monoisotopic (exact) mass is 280 g/mol. The van der Waals surface area contributed by atoms with Crippen molar-refractivity contribution >= 4 is 11.8 Å². The van der Waals surface area contributed by atoms with Crippen LogP contribution in [0.4, 0.5) is 10.5 Å². The Labute approximate surface area is 120 Å². The summed E-state index contributed by atoms with van der Waals surface area (Å²) in [6, 6.07) is 7.31. The van der Waals surface area contributed by atoms with E-state index < -0.39 is 17.2 Å². The molecule has 0 aliphatic rings. The Bertz CT molecular complexity index is 447. The minimum atomic E-state index is -0.639. The number of hydrogen-bond acceptors (Lipinski definition) is 4. The van der Waals surface area contributed by atoms with Crippen molar-refractivity contribution in [3.05, 3.63) is 29.8 Å². The van der Waals surface area contributed by atoms with Crippen LogP contribution in [-0.4, -0.2) is 28.9 Å². The first kappa shape index (κ1) is 16.5. The predicted octanol–water partition coefficient (Wildman–Crippen LogP) is 2.29. The predicted molar refractivity (Wildman–Crippen MR) is 79.7 cm³/mol. The van der Waals surface area contributed by atoms with Gasteiger partial charge in [0.15, 0.2) is 0 Å². The van der Waals surface area contributed by atoms with Crippen LogP contribution in [0.1, 0.15) is 33.3 Å². The first-order valence-electron chi connectivity index (χ1n) is 6.60. The molecule has 1 amide bonds. The summed E-state index contributed by atoms with van der Waals surface area (Å²) in [6.07, 6.45) is 0.0835. The summed E-state index contributed by atoms with van der Waals surface area (Å²) < 4.78 is 5.17. The second-order valence-electron chi connectivity index (χ2n) is 6.31. The highest BCUT2D eigenvalue weighted by atomic mass is 16.6. The molecule has 0 bridgehead atoms. The molecule has 1 unspecified atom stereocenters. The number of ether oxygens (including phenoxy) is 1. The molecule has 5 heteroatoms. The Hall–Kier alpha value is -1.59. The summed E-state index contributed by atoms with van der Waals surface area (Å²) in [7, 11) is 0. The zero-order chi connectivity index (χ0) is 15.4. The van der Waals surface area contributed by atoms with E-state index in [1.165, 1.54) is 0 Å². The van der Waals surface area contributed by atoms with Crippen molar-refractivity contribution in [1.82, 2.24) is 0 Å². The molecule has 112 valence electrons. The maximum absolute atomic E-state index is 11.6. The highest BCUT2D eigenvalue weighted by Gasteiger charge is 2.18. The number of nitrogens with one attached hydrogen (secondary N) is 1. The second-order valence-corrected chi connectivity index (χ2v) is 6.31. The van der Waals surface area contributed by atoms with Crippen LogP contribution in [0, 0.1) is 0 Å². The zero-order valence-corrected chi connectivity index (χ0v) is 12.6. The van der Waals surface area contributed by atoms with Crippen molar-refractivity contribution in [2.45, 2.75) is 45.3 Å². The summed E-state index contributed by atoms with van der Waals surface area (Å²) in [5.41, 5.74) is 6.39. The maximum atomic E-state index is 11.6. The van der Waals surface area contributed by atoms with Crippen LogP contribution < -0.4 is 11.1 Å². The third-order valence-corrected chi connectivity index (χ3v) is 2.57. The highest BCUT2D eigenvalue weighted by Crippen LogP contribution is 2.15. The highest BCUT2D eigenvalue weighted by molar-refractivity contribution is 5.84. The van der Waals surface area contributed by atoms with Crippen LogP contribution in [0.5, 0.6) is 0 Å². The summed E-state index contributed by atoms with van der Waals surface area (Å²) in [5, 5.41) is 11.8. The van der Waals surface area contributed by atoms with E-state index in [0.29, 0.717) is 12.1 Å². The van der Waals surface area contributed by atoms with Crippen molar-refractivity contribution in [2.75, 3.05) is 11.9 Å². The fourth-order valence-corrected chi connectivity index (χ4v) is 1.65. The van der Waals surface area contributed by atoms with Gasteiger partial charge in [-0.25, -0.2) is 4.79 Å². The van der Waals surface area contributed by atoms with Crippen LogP contribution in [-0.2, 0) is 11.2 Å². The van der Waals surface area contributed by atoms with Gasteiger partial charge in [-0.2, -0.15) is 0 Å². The van der Waals surface area contributed by atoms with Crippen LogP contribution in [0.2, 0.25) is 0 Å². The molecule has 0 aromatic heterocycles. The Morgan fingerprint density at radius 2 is 1.80 bits per heavy atom. The topological polar surface area (TPSA) is 84.6 Å². The fourth-order valence-electron chi connectivity index (χ4n) is 1.65. The summed E-state index contributed by atoms with van der Waals surface area (Å²) in [6.45, 7) is 7.15. The smallest absolute Gasteiger partial charge is 0.412 e. The molecule has 0 aliphatic heterocycles. The number of carbonyl (C=O) groups is 1. The van der Waals surface area contributed by atoms with Gasteiger partial charge >= 0.3 is 6.09 Å². The van der Waals surface area contributed by atoms with Crippen molar-refractivity contribution in [2.24, 2.45) is 5.73 Å². The third kappa shape index (κ3) is 6.04. The maximum Gasteiger partial charge on any atom is 0.412 e. The normalized spacial score (nSPS) is 14.5. The fraction of sp³-hybridized carbons (Fsp3) is 0.533. The number of aliphatic hydroxyl groups excluding tert-OH is 1. The minimum Gasteiger partial charge on any atom is -0.444 e. The van der Waals surface area contributed by atoms with Gasteiger partial charge < -0.3 is 15.6 Å².